The van der Waals surface area contributed by atoms with Crippen LogP contribution in [0.3, 0.4) is 0 Å². The average molecular weight is 432 g/mol. The summed E-state index contributed by atoms with van der Waals surface area (Å²) in [6.45, 7) is 1.41. The summed E-state index contributed by atoms with van der Waals surface area (Å²) in [7, 11) is 1.67. The van der Waals surface area contributed by atoms with Crippen molar-refractivity contribution in [3.05, 3.63) is 47.2 Å². The summed E-state index contributed by atoms with van der Waals surface area (Å²) in [5.41, 5.74) is 0.688. The Labute approximate surface area is 166 Å². The zero-order chi connectivity index (χ0) is 19.2. The van der Waals surface area contributed by atoms with Gasteiger partial charge in [-0.05, 0) is 47.0 Å². The molecule has 1 fully saturated rings. The van der Waals surface area contributed by atoms with E-state index >= 15 is 0 Å². The van der Waals surface area contributed by atoms with Gasteiger partial charge < -0.3 is 15.1 Å². The molecule has 1 saturated heterocycles. The normalized spacial score (nSPS) is 16.7. The van der Waals surface area contributed by atoms with Crippen LogP contribution in [-0.4, -0.2) is 53.4 Å². The van der Waals surface area contributed by atoms with Gasteiger partial charge in [-0.3, -0.25) is 9.59 Å². The van der Waals surface area contributed by atoms with Crippen LogP contribution >= 0.6 is 15.9 Å². The van der Waals surface area contributed by atoms with Crippen LogP contribution in [0.15, 0.2) is 47.2 Å². The molecule has 1 unspecified atom stereocenters. The highest BCUT2D eigenvalue weighted by Crippen LogP contribution is 2.22. The maximum absolute atomic E-state index is 12.8. The molecule has 1 aliphatic heterocycles. The largest absolute Gasteiger partial charge is 0.340 e. The van der Waals surface area contributed by atoms with Crippen molar-refractivity contribution in [3.63, 3.8) is 0 Å². The van der Waals surface area contributed by atoms with E-state index in [1.165, 1.54) is 4.90 Å². The van der Waals surface area contributed by atoms with Crippen molar-refractivity contribution >= 4 is 39.4 Å². The summed E-state index contributed by atoms with van der Waals surface area (Å²) in [6, 6.07) is 9.15. The number of piperidine rings is 1. The van der Waals surface area contributed by atoms with Crippen LogP contribution in [0, 0.1) is 5.92 Å². The van der Waals surface area contributed by atoms with E-state index in [1.54, 1.807) is 25.5 Å². The highest BCUT2D eigenvalue weighted by Gasteiger charge is 2.29. The standard InChI is InChI=1S/C19H22BrN5O2/c1-24(13-17(26)23-16-8-3-2-7-15(16)20)18(27)14-6-4-11-25(12-14)19-21-9-5-10-22-19/h2-3,5,7-10,14H,4,6,11-13H2,1H3,(H,23,26). The van der Waals surface area contributed by atoms with Crippen molar-refractivity contribution in [2.45, 2.75) is 12.8 Å². The number of benzene rings is 1. The number of carbonyl (C=O) groups excluding carboxylic acids is 2. The first kappa shape index (κ1) is 19.3. The molecule has 2 aromatic rings. The molecule has 7 nitrogen and oxygen atoms in total. The van der Waals surface area contributed by atoms with Gasteiger partial charge in [0.05, 0.1) is 18.2 Å². The number of anilines is 2. The number of para-hydroxylation sites is 1. The molecular formula is C19H22BrN5O2. The Morgan fingerprint density at radius 2 is 2.00 bits per heavy atom. The molecule has 3 rings (SSSR count). The van der Waals surface area contributed by atoms with Crippen molar-refractivity contribution in [3.8, 4) is 0 Å². The maximum atomic E-state index is 12.8. The predicted octanol–water partition coefficient (Wildman–Crippen LogP) is 2.55. The van der Waals surface area contributed by atoms with Crippen molar-refractivity contribution in [2.24, 2.45) is 5.92 Å². The van der Waals surface area contributed by atoms with Gasteiger partial charge in [-0.1, -0.05) is 12.1 Å². The first-order valence-corrected chi connectivity index (χ1v) is 9.65. The number of hydrogen-bond donors (Lipinski definition) is 1. The van der Waals surface area contributed by atoms with Crippen LogP contribution in [0.2, 0.25) is 0 Å². The Balaban J connectivity index is 1.56. The topological polar surface area (TPSA) is 78.4 Å². The van der Waals surface area contributed by atoms with E-state index in [1.807, 2.05) is 29.2 Å². The summed E-state index contributed by atoms with van der Waals surface area (Å²) >= 11 is 3.40. The van der Waals surface area contributed by atoms with Gasteiger partial charge in [0.1, 0.15) is 0 Å². The second kappa shape index (κ2) is 8.94. The van der Waals surface area contributed by atoms with Gasteiger partial charge in [-0.15, -0.1) is 0 Å². The summed E-state index contributed by atoms with van der Waals surface area (Å²) in [4.78, 5) is 37.1. The molecule has 8 heteroatoms. The summed E-state index contributed by atoms with van der Waals surface area (Å²) in [5.74, 6) is 0.225. The van der Waals surface area contributed by atoms with Crippen LogP contribution < -0.4 is 10.2 Å². The number of nitrogens with zero attached hydrogens (tertiary/aromatic N) is 4. The molecule has 2 amide bonds. The van der Waals surface area contributed by atoms with Crippen molar-refractivity contribution in [1.29, 1.82) is 0 Å². The van der Waals surface area contributed by atoms with E-state index in [0.29, 0.717) is 18.2 Å². The molecule has 1 N–H and O–H groups in total. The number of rotatable bonds is 5. The van der Waals surface area contributed by atoms with E-state index < -0.39 is 0 Å². The lowest BCUT2D eigenvalue weighted by molar-refractivity contribution is -0.137. The van der Waals surface area contributed by atoms with Crippen LogP contribution in [0.25, 0.3) is 0 Å². The Morgan fingerprint density at radius 3 is 2.74 bits per heavy atom. The Morgan fingerprint density at radius 1 is 1.26 bits per heavy atom. The van der Waals surface area contributed by atoms with Crippen molar-refractivity contribution < 1.29 is 9.59 Å². The van der Waals surface area contributed by atoms with Crippen LogP contribution in [0.5, 0.6) is 0 Å². The number of nitrogens with one attached hydrogen (secondary N) is 1. The summed E-state index contributed by atoms with van der Waals surface area (Å²) in [5, 5.41) is 2.82. The van der Waals surface area contributed by atoms with Crippen LogP contribution in [-0.2, 0) is 9.59 Å². The van der Waals surface area contributed by atoms with Gasteiger partial charge in [0.15, 0.2) is 0 Å². The molecule has 0 radical (unpaired) electrons. The number of hydrogen-bond acceptors (Lipinski definition) is 5. The molecule has 0 saturated carbocycles. The molecule has 2 heterocycles. The fourth-order valence-corrected chi connectivity index (χ4v) is 3.56. The fraction of sp³-hybridized carbons (Fsp3) is 0.368. The molecule has 1 atom stereocenters. The third kappa shape index (κ3) is 5.03. The second-order valence-electron chi connectivity index (χ2n) is 6.56. The quantitative estimate of drug-likeness (QED) is 0.786. The van der Waals surface area contributed by atoms with Gasteiger partial charge >= 0.3 is 0 Å². The number of aromatic nitrogens is 2. The summed E-state index contributed by atoms with van der Waals surface area (Å²) in [6.07, 6.45) is 5.10. The Kier molecular flexibility index (Phi) is 6.39. The monoisotopic (exact) mass is 431 g/mol. The molecule has 1 aliphatic rings. The van der Waals surface area contributed by atoms with Crippen molar-refractivity contribution in [2.75, 3.05) is 36.9 Å². The minimum Gasteiger partial charge on any atom is -0.340 e. The van der Waals surface area contributed by atoms with Gasteiger partial charge in [-0.2, -0.15) is 0 Å². The second-order valence-corrected chi connectivity index (χ2v) is 7.41. The number of likely N-dealkylation sites (N-methyl/N-ethyl adjacent to an activating group) is 1. The van der Waals surface area contributed by atoms with Gasteiger partial charge in [0, 0.05) is 37.0 Å². The highest BCUT2D eigenvalue weighted by atomic mass is 79.9. The number of halogens is 1. The molecule has 142 valence electrons. The van der Waals surface area contributed by atoms with E-state index in [-0.39, 0.29) is 24.3 Å². The van der Waals surface area contributed by atoms with E-state index in [9.17, 15) is 9.59 Å². The van der Waals surface area contributed by atoms with E-state index in [0.717, 1.165) is 23.9 Å². The van der Waals surface area contributed by atoms with E-state index in [2.05, 4.69) is 31.2 Å². The Bertz CT molecular complexity index is 802. The molecule has 1 aromatic heterocycles. The maximum Gasteiger partial charge on any atom is 0.244 e. The van der Waals surface area contributed by atoms with Gasteiger partial charge in [0.25, 0.3) is 0 Å². The zero-order valence-corrected chi connectivity index (χ0v) is 16.7. The molecule has 0 bridgehead atoms. The minimum absolute atomic E-state index is 0.0124. The smallest absolute Gasteiger partial charge is 0.244 e. The number of amides is 2. The third-order valence-electron chi connectivity index (χ3n) is 4.51. The first-order chi connectivity index (χ1) is 13.0. The molecule has 27 heavy (non-hydrogen) atoms. The zero-order valence-electron chi connectivity index (χ0n) is 15.1. The molecular weight excluding hydrogens is 410 g/mol. The summed E-state index contributed by atoms with van der Waals surface area (Å²) < 4.78 is 0.804. The average Bonchev–Trinajstić information content (AvgIpc) is 2.70. The van der Waals surface area contributed by atoms with E-state index in [4.69, 9.17) is 0 Å². The lowest BCUT2D eigenvalue weighted by Gasteiger charge is -2.33. The molecule has 1 aromatic carbocycles. The minimum atomic E-state index is -0.225. The lowest BCUT2D eigenvalue weighted by atomic mass is 9.97. The first-order valence-electron chi connectivity index (χ1n) is 8.86. The Hall–Kier alpha value is -2.48. The lowest BCUT2D eigenvalue weighted by Crippen LogP contribution is -2.46. The van der Waals surface area contributed by atoms with Gasteiger partial charge in [0.2, 0.25) is 17.8 Å². The molecule has 0 aliphatic carbocycles. The number of carbonyl (C=O) groups is 2. The predicted molar refractivity (Wildman–Crippen MR) is 107 cm³/mol. The van der Waals surface area contributed by atoms with Gasteiger partial charge in [-0.25, -0.2) is 9.97 Å². The highest BCUT2D eigenvalue weighted by molar-refractivity contribution is 9.10. The third-order valence-corrected chi connectivity index (χ3v) is 5.20. The van der Waals surface area contributed by atoms with Crippen molar-refractivity contribution in [1.82, 2.24) is 14.9 Å². The van der Waals surface area contributed by atoms with Crippen LogP contribution in [0.4, 0.5) is 11.6 Å². The SMILES string of the molecule is CN(CC(=O)Nc1ccccc1Br)C(=O)C1CCCN(c2ncccn2)C1. The van der Waals surface area contributed by atoms with Crippen LogP contribution in [0.1, 0.15) is 12.8 Å². The fourth-order valence-electron chi connectivity index (χ4n) is 3.17. The molecule has 0 spiro atoms.